The number of nitrogens with one attached hydrogen (secondary N) is 3. The number of carbonyl (C=O) groups excluding carboxylic acids is 4. The molecule has 23 nitrogen and oxygen atoms in total. The first-order chi connectivity index (χ1) is 36.7. The number of rotatable bonds is 28. The molecule has 1 aromatic heterocycles. The smallest absolute Gasteiger partial charge is 0.356 e. The van der Waals surface area contributed by atoms with E-state index in [2.05, 4.69) is 80.8 Å². The van der Waals surface area contributed by atoms with Gasteiger partial charge < -0.3 is 25.7 Å². The molecule has 3 amide bonds. The van der Waals surface area contributed by atoms with Crippen molar-refractivity contribution in [3.05, 3.63) is 82.3 Å². The molecule has 1 unspecified atom stereocenters. The Labute approximate surface area is 461 Å². The van der Waals surface area contributed by atoms with Gasteiger partial charge in [-0.3, -0.25) is 23.5 Å². The fraction of sp³-hybridized carbons (Fsp3) is 0.529. The van der Waals surface area contributed by atoms with E-state index in [0.29, 0.717) is 74.5 Å². The van der Waals surface area contributed by atoms with Gasteiger partial charge in [0.25, 0.3) is 32.1 Å². The van der Waals surface area contributed by atoms with Crippen LogP contribution in [0.15, 0.2) is 65.2 Å². The van der Waals surface area contributed by atoms with Gasteiger partial charge in [-0.2, -0.15) is 36.4 Å². The van der Waals surface area contributed by atoms with Gasteiger partial charge in [-0.15, -0.1) is 17.7 Å². The summed E-state index contributed by atoms with van der Waals surface area (Å²) in [7, 11) is -11.8. The number of hydroxylamine groups is 2. The van der Waals surface area contributed by atoms with Crippen molar-refractivity contribution < 1.29 is 67.2 Å². The van der Waals surface area contributed by atoms with Crippen molar-refractivity contribution in [1.29, 1.82) is 0 Å². The standard InChI is InChI=1S/C51H68ClN9O11S2.O3S/c1-6-30-59-40-22-20-35(2)33-38(40)51(5,42(59)17-13-16-41-50(3,4)37-34-36(74(69,70)71)21-23-39(37)60(41)31-15-32-73(66,67)68)26-11-7-9-18-43(62)53-28-14-29-55-49-57-47(52)56-48(58-49)54-27-12-8-10-19-46(65)72-61-44(63)24-25-45(61)64;1-4(2)3/h13,16-17,20-23,33-34H,6-12,14-15,18-19,24-32H2,1-5H3,(H4-,53,54,55,56,57,58,62,66,67,68,69,70,71);/p+1. The molecular formula is C51H69ClN9O14S3+. The summed E-state index contributed by atoms with van der Waals surface area (Å²) in [4.78, 5) is 67.8. The SMILES string of the molecule is CCCN1C(=CC=CC2=[N+](CCCS(=O)(=O)O)c3ccc(S(=O)(=O)O)cc3C2(C)C)C(C)(CCCCCC(=O)NCCCNc2nc(Cl)nc(NCCCCCC(=O)ON3C(=O)CCC3=O)n2)c2cc(C)ccc21.O=S(=O)=O. The lowest BCUT2D eigenvalue weighted by molar-refractivity contribution is -0.437. The lowest BCUT2D eigenvalue weighted by Gasteiger charge is -2.30. The fourth-order valence-electron chi connectivity index (χ4n) is 9.72. The van der Waals surface area contributed by atoms with Crippen LogP contribution < -0.4 is 20.9 Å². The molecule has 1 atom stereocenters. The van der Waals surface area contributed by atoms with Crippen LogP contribution in [0, 0.1) is 6.92 Å². The Balaban J connectivity index is 0.00000270. The molecule has 2 aromatic carbocycles. The third-order valence-corrected chi connectivity index (χ3v) is 15.3. The maximum Gasteiger partial charge on any atom is 0.425 e. The summed E-state index contributed by atoms with van der Waals surface area (Å²) in [6, 6.07) is 11.0. The summed E-state index contributed by atoms with van der Waals surface area (Å²) in [6.07, 6.45) is 13.4. The molecule has 0 radical (unpaired) electrons. The van der Waals surface area contributed by atoms with Gasteiger partial charge in [-0.05, 0) is 108 Å². The van der Waals surface area contributed by atoms with Crippen molar-refractivity contribution in [1.82, 2.24) is 25.3 Å². The summed E-state index contributed by atoms with van der Waals surface area (Å²) in [5.41, 5.74) is 5.70. The molecule has 27 heteroatoms. The number of amides is 3. The van der Waals surface area contributed by atoms with Crippen LogP contribution in [-0.4, -0.2) is 131 Å². The molecule has 78 heavy (non-hydrogen) atoms. The largest absolute Gasteiger partial charge is 0.425 e. The molecule has 0 bridgehead atoms. The molecule has 0 saturated carbocycles. The highest BCUT2D eigenvalue weighted by molar-refractivity contribution is 7.86. The van der Waals surface area contributed by atoms with Gasteiger partial charge in [0.15, 0.2) is 5.71 Å². The summed E-state index contributed by atoms with van der Waals surface area (Å²) in [5.74, 6) is -1.55. The second-order valence-electron chi connectivity index (χ2n) is 19.8. The molecule has 6 rings (SSSR count). The van der Waals surface area contributed by atoms with E-state index in [1.54, 1.807) is 6.07 Å². The summed E-state index contributed by atoms with van der Waals surface area (Å²) in [6.45, 7) is 12.9. The van der Waals surface area contributed by atoms with Crippen molar-refractivity contribution in [2.45, 2.75) is 140 Å². The van der Waals surface area contributed by atoms with Gasteiger partial charge in [0.1, 0.15) is 6.54 Å². The molecule has 1 fully saturated rings. The Morgan fingerprint density at radius 1 is 0.833 bits per heavy atom. The normalized spacial score (nSPS) is 17.3. The zero-order valence-corrected chi connectivity index (χ0v) is 47.6. The number of imide groups is 1. The first kappa shape index (κ1) is 62.7. The number of aryl methyl sites for hydroxylation is 1. The number of nitrogens with zero attached hydrogens (tertiary/aromatic N) is 6. The first-order valence-electron chi connectivity index (χ1n) is 25.7. The maximum absolute atomic E-state index is 12.9. The number of benzene rings is 2. The van der Waals surface area contributed by atoms with Gasteiger partial charge in [0, 0.05) is 92.8 Å². The number of aromatic nitrogens is 3. The zero-order valence-electron chi connectivity index (χ0n) is 44.4. The molecule has 1 saturated heterocycles. The minimum Gasteiger partial charge on any atom is -0.356 e. The molecular weight excluding hydrogens is 1090 g/mol. The lowest BCUT2D eigenvalue weighted by atomic mass is 9.76. The zero-order chi connectivity index (χ0) is 57.4. The summed E-state index contributed by atoms with van der Waals surface area (Å²) in [5, 5.41) is 9.77. The monoisotopic (exact) mass is 1160 g/mol. The van der Waals surface area contributed by atoms with E-state index < -0.39 is 59.8 Å². The van der Waals surface area contributed by atoms with Crippen LogP contribution in [0.2, 0.25) is 5.28 Å². The van der Waals surface area contributed by atoms with E-state index in [1.807, 2.05) is 30.6 Å². The number of fused-ring (bicyclic) bond motifs is 2. The van der Waals surface area contributed by atoms with Crippen molar-refractivity contribution >= 4 is 95.1 Å². The highest BCUT2D eigenvalue weighted by atomic mass is 35.5. The lowest BCUT2D eigenvalue weighted by Crippen LogP contribution is -2.31. The molecule has 3 aromatic rings. The van der Waals surface area contributed by atoms with Crippen molar-refractivity contribution in [2.24, 2.45) is 0 Å². The Kier molecular flexibility index (Phi) is 22.6. The number of halogens is 1. The average molecular weight is 1160 g/mol. The second-order valence-corrected chi connectivity index (χ2v) is 23.5. The first-order valence-corrected chi connectivity index (χ1v) is 30.2. The number of carbonyl (C=O) groups is 4. The number of hydrogen-bond donors (Lipinski definition) is 5. The highest BCUT2D eigenvalue weighted by Gasteiger charge is 2.46. The van der Waals surface area contributed by atoms with E-state index in [0.717, 1.165) is 54.9 Å². The molecule has 426 valence electrons. The molecule has 0 aliphatic carbocycles. The minimum atomic E-state index is -4.49. The molecule has 4 heterocycles. The van der Waals surface area contributed by atoms with E-state index in [9.17, 15) is 45.1 Å². The number of unbranched alkanes of at least 4 members (excludes halogenated alkanes) is 4. The van der Waals surface area contributed by atoms with E-state index in [1.165, 1.54) is 17.7 Å². The Morgan fingerprint density at radius 3 is 2.12 bits per heavy atom. The average Bonchev–Trinajstić information content (AvgIpc) is 3.87. The van der Waals surface area contributed by atoms with Crippen molar-refractivity contribution in [3.8, 4) is 0 Å². The molecule has 3 aliphatic heterocycles. The maximum atomic E-state index is 12.9. The van der Waals surface area contributed by atoms with E-state index in [-0.39, 0.29) is 65.6 Å². The third-order valence-electron chi connectivity index (χ3n) is 13.5. The van der Waals surface area contributed by atoms with Gasteiger partial charge in [0.05, 0.1) is 16.1 Å². The number of anilines is 3. The minimum absolute atomic E-state index is 0.00921. The topological polar surface area (TPSA) is 322 Å². The van der Waals surface area contributed by atoms with Crippen LogP contribution in [0.5, 0.6) is 0 Å². The predicted octanol–water partition coefficient (Wildman–Crippen LogP) is 6.51. The quantitative estimate of drug-likeness (QED) is 0.0224. The van der Waals surface area contributed by atoms with Gasteiger partial charge in [-0.1, -0.05) is 50.0 Å². The van der Waals surface area contributed by atoms with Gasteiger partial charge in [-0.25, -0.2) is 4.79 Å². The van der Waals surface area contributed by atoms with Crippen LogP contribution >= 0.6 is 11.6 Å². The molecule has 0 spiro atoms. The highest BCUT2D eigenvalue weighted by Crippen LogP contribution is 2.51. The van der Waals surface area contributed by atoms with Crippen LogP contribution in [-0.2, 0) is 65.7 Å². The van der Waals surface area contributed by atoms with Crippen molar-refractivity contribution in [2.75, 3.05) is 54.0 Å². The van der Waals surface area contributed by atoms with E-state index in [4.69, 9.17) is 29.1 Å². The molecule has 3 aliphatic rings. The van der Waals surface area contributed by atoms with Crippen LogP contribution in [0.3, 0.4) is 0 Å². The van der Waals surface area contributed by atoms with E-state index >= 15 is 0 Å². The fourth-order valence-corrected chi connectivity index (χ4v) is 10.9. The summed E-state index contributed by atoms with van der Waals surface area (Å²) < 4.78 is 94.4. The molecule has 5 N–H and O–H groups in total. The Morgan fingerprint density at radius 2 is 1.47 bits per heavy atom. The Bertz CT molecular complexity index is 3130. The predicted molar refractivity (Wildman–Crippen MR) is 291 cm³/mol. The summed E-state index contributed by atoms with van der Waals surface area (Å²) >= 11 is 6.14. The Hall–Kier alpha value is -6.19. The number of hydrogen-bond acceptors (Lipinski definition) is 18. The van der Waals surface area contributed by atoms with Crippen molar-refractivity contribution in [3.63, 3.8) is 0 Å². The van der Waals surface area contributed by atoms with Crippen LogP contribution in [0.4, 0.5) is 23.3 Å². The second kappa shape index (κ2) is 28.1. The van der Waals surface area contributed by atoms with Crippen LogP contribution in [0.1, 0.15) is 134 Å². The number of allylic oxidation sites excluding steroid dienone is 4. The van der Waals surface area contributed by atoms with Gasteiger partial charge in [0.2, 0.25) is 28.8 Å². The van der Waals surface area contributed by atoms with Gasteiger partial charge >= 0.3 is 16.6 Å². The van der Waals surface area contributed by atoms with Crippen LogP contribution in [0.25, 0.3) is 0 Å². The third kappa shape index (κ3) is 17.7.